The molecule has 2 aromatic carbocycles. The average Bonchev–Trinajstić information content (AvgIpc) is 3.09. The number of carboxylic acid groups (broad SMARTS) is 1. The summed E-state index contributed by atoms with van der Waals surface area (Å²) in [6.07, 6.45) is -4.53. The van der Waals surface area contributed by atoms with Gasteiger partial charge < -0.3 is 5.11 Å². The maximum Gasteiger partial charge on any atom is 0.416 e. The number of thiophene rings is 1. The first-order chi connectivity index (χ1) is 15.0. The lowest BCUT2D eigenvalue weighted by molar-refractivity contribution is -0.139. The van der Waals surface area contributed by atoms with Crippen LogP contribution in [0.15, 0.2) is 70.9 Å². The quantitative estimate of drug-likeness (QED) is 0.230. The summed E-state index contributed by atoms with van der Waals surface area (Å²) in [7, 11) is -4.28. The molecule has 1 fully saturated rings. The van der Waals surface area contributed by atoms with Gasteiger partial charge in [0.05, 0.1) is 9.49 Å². The van der Waals surface area contributed by atoms with Gasteiger partial charge in [-0.25, -0.2) is 13.2 Å². The summed E-state index contributed by atoms with van der Waals surface area (Å²) in [5.41, 5.74) is 0.0124. The molecular weight excluding hydrogens is 578 g/mol. The molecule has 1 aliphatic rings. The third kappa shape index (κ3) is 3.99. The molecular formula is C21H15F3INO4S2. The van der Waals surface area contributed by atoms with Crippen molar-refractivity contribution >= 4 is 46.5 Å². The number of halogens is 4. The Morgan fingerprint density at radius 2 is 1.78 bits per heavy atom. The average molecular weight is 593 g/mol. The van der Waals surface area contributed by atoms with Gasteiger partial charge in [0, 0.05) is 4.88 Å². The van der Waals surface area contributed by atoms with E-state index in [-0.39, 0.29) is 9.77 Å². The van der Waals surface area contributed by atoms with Crippen LogP contribution in [-0.2, 0) is 21.0 Å². The predicted octanol–water partition coefficient (Wildman–Crippen LogP) is 5.34. The molecule has 2 N–H and O–H groups in total. The SMILES string of the molecule is C#I1[C@H](c2ccccc2)[C@]1(NS(=O)(=O)c1ccc(-c2cccc(C(F)(F)F)c2)s1)C(=O)O. The number of hydrogen-bond donors (Lipinski definition) is 2. The largest absolute Gasteiger partial charge is 0.479 e. The van der Waals surface area contributed by atoms with E-state index in [4.69, 9.17) is 4.31 Å². The van der Waals surface area contributed by atoms with Crippen molar-refractivity contribution in [2.45, 2.75) is 17.9 Å². The second-order valence-electron chi connectivity index (χ2n) is 6.94. The minimum absolute atomic E-state index is 0.200. The van der Waals surface area contributed by atoms with Gasteiger partial charge in [0.2, 0.25) is 0 Å². The molecule has 1 aliphatic heterocycles. The standard InChI is InChI=1S/C21H15F3INO4S2/c1-25-18(13-6-3-2-4-7-13)20(25,19(27)28)26-32(29,30)17-11-10-16(31-17)14-8-5-9-15(12-14)21(22,23)24/h1-12,18,26H,(H,27,28)/t18-,20+/m1/s1. The van der Waals surface area contributed by atoms with Gasteiger partial charge in [-0.15, -0.1) is 15.6 Å². The van der Waals surface area contributed by atoms with E-state index in [1.54, 1.807) is 30.3 Å². The highest BCUT2D eigenvalue weighted by Gasteiger charge is 2.67. The molecule has 5 nitrogen and oxygen atoms in total. The summed E-state index contributed by atoms with van der Waals surface area (Å²) < 4.78 is 70.9. The van der Waals surface area contributed by atoms with E-state index in [9.17, 15) is 31.5 Å². The molecule has 2 heterocycles. The summed E-state index contributed by atoms with van der Waals surface area (Å²) in [5.74, 6) is -1.34. The van der Waals surface area contributed by atoms with Crippen molar-refractivity contribution < 1.29 is 31.5 Å². The molecule has 32 heavy (non-hydrogen) atoms. The molecule has 0 aliphatic carbocycles. The van der Waals surface area contributed by atoms with Gasteiger partial charge in [-0.3, -0.25) is 0 Å². The zero-order valence-electron chi connectivity index (χ0n) is 16.0. The summed E-state index contributed by atoms with van der Waals surface area (Å²) >= 11 is -2.00. The van der Waals surface area contributed by atoms with E-state index in [1.807, 2.05) is 0 Å². The van der Waals surface area contributed by atoms with Crippen LogP contribution in [-0.4, -0.2) is 23.0 Å². The third-order valence-electron chi connectivity index (χ3n) is 4.89. The fourth-order valence-corrected chi connectivity index (χ4v) is 12.6. The molecule has 1 saturated heterocycles. The molecule has 0 unspecified atom stereocenters. The Morgan fingerprint density at radius 1 is 1.09 bits per heavy atom. The highest BCUT2D eigenvalue weighted by Crippen LogP contribution is 2.74. The fraction of sp³-hybridized carbons (Fsp3) is 0.143. The predicted molar refractivity (Wildman–Crippen MR) is 124 cm³/mol. The summed E-state index contributed by atoms with van der Waals surface area (Å²) in [6.45, 7) is 0. The number of nitrogens with one attached hydrogen (secondary N) is 1. The van der Waals surface area contributed by atoms with Crippen molar-refractivity contribution in [2.24, 2.45) is 0 Å². The topological polar surface area (TPSA) is 83.5 Å². The summed E-state index contributed by atoms with van der Waals surface area (Å²) in [6, 6.07) is 15.8. The van der Waals surface area contributed by atoms with Crippen LogP contribution in [0.2, 0.25) is 0 Å². The highest BCUT2D eigenvalue weighted by atomic mass is 127. The summed E-state index contributed by atoms with van der Waals surface area (Å²) in [4.78, 5) is 12.4. The first kappa shape index (κ1) is 23.0. The number of sulfonamides is 1. The van der Waals surface area contributed by atoms with Crippen molar-refractivity contribution in [3.63, 3.8) is 0 Å². The molecule has 0 amide bonds. The second-order valence-corrected chi connectivity index (χ2v) is 14.8. The molecule has 0 radical (unpaired) electrons. The van der Waals surface area contributed by atoms with Crippen LogP contribution < -0.4 is 4.72 Å². The Hall–Kier alpha value is -2.18. The van der Waals surface area contributed by atoms with Crippen molar-refractivity contribution in [2.75, 3.05) is 0 Å². The Labute approximate surface area is 192 Å². The number of benzene rings is 2. The Balaban J connectivity index is 1.65. The van der Waals surface area contributed by atoms with Gasteiger partial charge in [-0.05, 0) is 35.4 Å². The molecule has 1 aromatic heterocycles. The van der Waals surface area contributed by atoms with Gasteiger partial charge >= 0.3 is 12.1 Å². The van der Waals surface area contributed by atoms with Gasteiger partial charge in [0.1, 0.15) is 4.21 Å². The number of carbonyl (C=O) groups is 1. The van der Waals surface area contributed by atoms with E-state index in [0.717, 1.165) is 23.5 Å². The lowest BCUT2D eigenvalue weighted by atomic mass is 10.1. The maximum absolute atomic E-state index is 13.0. The number of rotatable bonds is 6. The van der Waals surface area contributed by atoms with Gasteiger partial charge in [-0.2, -0.15) is 17.9 Å². The van der Waals surface area contributed by atoms with Crippen LogP contribution in [0.1, 0.15) is 15.1 Å². The zero-order valence-corrected chi connectivity index (χ0v) is 19.8. The molecule has 168 valence electrons. The van der Waals surface area contributed by atoms with E-state index >= 15 is 0 Å². The summed E-state index contributed by atoms with van der Waals surface area (Å²) in [5, 5.41) is 9.84. The normalized spacial score (nSPS) is 21.4. The lowest BCUT2D eigenvalue weighted by Crippen LogP contribution is -2.43. The first-order valence-electron chi connectivity index (χ1n) is 8.99. The lowest BCUT2D eigenvalue weighted by Gasteiger charge is -2.13. The Morgan fingerprint density at radius 3 is 2.41 bits per heavy atom. The molecule has 11 heteroatoms. The van der Waals surface area contributed by atoms with E-state index in [2.05, 4.69) is 4.72 Å². The molecule has 0 bridgehead atoms. The van der Waals surface area contributed by atoms with Crippen LogP contribution in [0, 0.1) is 4.31 Å². The molecule has 2 atom stereocenters. The van der Waals surface area contributed by atoms with Crippen molar-refractivity contribution in [3.05, 3.63) is 77.9 Å². The third-order valence-corrected chi connectivity index (χ3v) is 14.0. The molecule has 0 saturated carbocycles. The molecule has 0 spiro atoms. The van der Waals surface area contributed by atoms with Crippen LogP contribution in [0.4, 0.5) is 13.2 Å². The van der Waals surface area contributed by atoms with Crippen LogP contribution in [0.3, 0.4) is 0 Å². The van der Waals surface area contributed by atoms with Gasteiger partial charge in [0.15, 0.2) is 3.55 Å². The second kappa shape index (κ2) is 7.99. The van der Waals surface area contributed by atoms with E-state index in [0.29, 0.717) is 10.4 Å². The Kier molecular flexibility index (Phi) is 5.74. The van der Waals surface area contributed by atoms with Crippen LogP contribution >= 0.6 is 30.5 Å². The van der Waals surface area contributed by atoms with E-state index in [1.165, 1.54) is 24.3 Å². The van der Waals surface area contributed by atoms with Gasteiger partial charge in [0.25, 0.3) is 10.0 Å². The molecule has 3 aromatic rings. The van der Waals surface area contributed by atoms with Gasteiger partial charge in [-0.1, -0.05) is 61.6 Å². The van der Waals surface area contributed by atoms with Crippen molar-refractivity contribution in [1.29, 1.82) is 0 Å². The number of aliphatic carboxylic acids is 1. The minimum Gasteiger partial charge on any atom is -0.479 e. The van der Waals surface area contributed by atoms with Crippen molar-refractivity contribution in [1.82, 2.24) is 4.72 Å². The van der Waals surface area contributed by atoms with Crippen molar-refractivity contribution in [3.8, 4) is 14.8 Å². The smallest absolute Gasteiger partial charge is 0.416 e. The molecule has 4 rings (SSSR count). The number of hydrogen-bond acceptors (Lipinski definition) is 4. The zero-order chi connectivity index (χ0) is 23.3. The number of alkyl halides is 5. The minimum atomic E-state index is -4.53. The van der Waals surface area contributed by atoms with Crippen LogP contribution in [0.25, 0.3) is 10.4 Å². The number of carboxylic acids is 1. The highest BCUT2D eigenvalue weighted by molar-refractivity contribution is 14.2. The van der Waals surface area contributed by atoms with E-state index < -0.39 is 54.3 Å². The Bertz CT molecular complexity index is 1380. The monoisotopic (exact) mass is 593 g/mol. The van der Waals surface area contributed by atoms with Crippen LogP contribution in [0.5, 0.6) is 0 Å². The fourth-order valence-electron chi connectivity index (χ4n) is 3.30. The first-order valence-corrected chi connectivity index (χ1v) is 14.9. The maximum atomic E-state index is 13.0.